The summed E-state index contributed by atoms with van der Waals surface area (Å²) < 4.78 is 1.99. The molecule has 1 N–H and O–H groups in total. The van der Waals surface area contributed by atoms with Crippen LogP contribution in [-0.2, 0) is 11.3 Å². The maximum atomic E-state index is 11.9. The van der Waals surface area contributed by atoms with Crippen molar-refractivity contribution in [2.24, 2.45) is 0 Å². The number of hydrogen-bond donors (Lipinski definition) is 1. The zero-order valence-electron chi connectivity index (χ0n) is 11.2. The number of rotatable bonds is 4. The summed E-state index contributed by atoms with van der Waals surface area (Å²) in [7, 11) is 0. The van der Waals surface area contributed by atoms with Gasteiger partial charge < -0.3 is 9.88 Å². The van der Waals surface area contributed by atoms with Gasteiger partial charge in [-0.1, -0.05) is 18.6 Å². The Morgan fingerprint density at radius 2 is 2.17 bits per heavy atom. The van der Waals surface area contributed by atoms with E-state index in [1.165, 1.54) is 10.9 Å². The van der Waals surface area contributed by atoms with Gasteiger partial charge in [0.25, 0.3) is 0 Å². The molecule has 0 spiro atoms. The highest BCUT2D eigenvalue weighted by Crippen LogP contribution is 2.17. The Morgan fingerprint density at radius 1 is 1.39 bits per heavy atom. The lowest BCUT2D eigenvalue weighted by atomic mass is 10.2. The van der Waals surface area contributed by atoms with Crippen molar-refractivity contribution in [1.82, 2.24) is 9.88 Å². The third kappa shape index (κ3) is 2.73. The van der Waals surface area contributed by atoms with Crippen molar-refractivity contribution in [1.29, 1.82) is 0 Å². The number of hydrogen-bond acceptors (Lipinski definition) is 1. The largest absolute Gasteiger partial charge is 0.352 e. The van der Waals surface area contributed by atoms with Gasteiger partial charge in [0.05, 0.1) is 0 Å². The van der Waals surface area contributed by atoms with Crippen LogP contribution in [0.15, 0.2) is 30.5 Å². The Bertz CT molecular complexity index is 557. The maximum Gasteiger partial charge on any atom is 0.240 e. The number of aryl methyl sites for hydroxylation is 1. The Balaban J connectivity index is 2.15. The summed E-state index contributed by atoms with van der Waals surface area (Å²) in [6.45, 7) is 6.55. The highest BCUT2D eigenvalue weighted by molar-refractivity contribution is 5.83. The number of fused-ring (bicyclic) bond motifs is 1. The van der Waals surface area contributed by atoms with Crippen LogP contribution in [0.3, 0.4) is 0 Å². The van der Waals surface area contributed by atoms with E-state index in [4.69, 9.17) is 0 Å². The zero-order valence-corrected chi connectivity index (χ0v) is 11.2. The van der Waals surface area contributed by atoms with E-state index in [1.54, 1.807) is 0 Å². The Hall–Kier alpha value is -1.77. The van der Waals surface area contributed by atoms with Crippen molar-refractivity contribution in [3.8, 4) is 0 Å². The Morgan fingerprint density at radius 3 is 2.89 bits per heavy atom. The summed E-state index contributed by atoms with van der Waals surface area (Å²) >= 11 is 0. The van der Waals surface area contributed by atoms with Gasteiger partial charge in [0, 0.05) is 17.8 Å². The van der Waals surface area contributed by atoms with Gasteiger partial charge >= 0.3 is 0 Å². The number of amides is 1. The second kappa shape index (κ2) is 5.25. The third-order valence-electron chi connectivity index (χ3n) is 3.26. The SMILES string of the molecule is CCC(C)NC(=O)Cn1ccc2cc(C)ccc21. The zero-order chi connectivity index (χ0) is 13.1. The second-order valence-electron chi connectivity index (χ2n) is 4.88. The van der Waals surface area contributed by atoms with Crippen LogP contribution in [0.2, 0.25) is 0 Å². The van der Waals surface area contributed by atoms with Gasteiger partial charge in [-0.25, -0.2) is 0 Å². The fraction of sp³-hybridized carbons (Fsp3) is 0.400. The van der Waals surface area contributed by atoms with Crippen LogP contribution in [0.4, 0.5) is 0 Å². The first-order valence-electron chi connectivity index (χ1n) is 6.45. The van der Waals surface area contributed by atoms with Crippen LogP contribution in [0.1, 0.15) is 25.8 Å². The molecule has 2 aromatic rings. The Labute approximate surface area is 108 Å². The normalized spacial score (nSPS) is 12.6. The predicted octanol–water partition coefficient (Wildman–Crippen LogP) is 2.86. The van der Waals surface area contributed by atoms with E-state index < -0.39 is 0 Å². The van der Waals surface area contributed by atoms with Gasteiger partial charge in [0.1, 0.15) is 6.54 Å². The summed E-state index contributed by atoms with van der Waals surface area (Å²) in [5.41, 5.74) is 2.35. The number of nitrogens with zero attached hydrogens (tertiary/aromatic N) is 1. The first kappa shape index (κ1) is 12.7. The van der Waals surface area contributed by atoms with Crippen molar-refractivity contribution in [3.63, 3.8) is 0 Å². The number of carbonyl (C=O) groups is 1. The van der Waals surface area contributed by atoms with E-state index in [1.807, 2.05) is 17.7 Å². The van der Waals surface area contributed by atoms with Crippen molar-refractivity contribution >= 4 is 16.8 Å². The van der Waals surface area contributed by atoms with Crippen molar-refractivity contribution in [3.05, 3.63) is 36.0 Å². The highest BCUT2D eigenvalue weighted by atomic mass is 16.2. The fourth-order valence-electron chi connectivity index (χ4n) is 2.03. The first-order chi connectivity index (χ1) is 8.60. The quantitative estimate of drug-likeness (QED) is 0.881. The van der Waals surface area contributed by atoms with E-state index in [0.29, 0.717) is 6.54 Å². The van der Waals surface area contributed by atoms with E-state index in [9.17, 15) is 4.79 Å². The minimum atomic E-state index is 0.0717. The standard InChI is InChI=1S/C15H20N2O/c1-4-12(3)16-15(18)10-17-8-7-13-9-11(2)5-6-14(13)17/h5-9,12H,4,10H2,1-3H3,(H,16,18). The average Bonchev–Trinajstić information content (AvgIpc) is 2.71. The molecule has 0 bridgehead atoms. The predicted molar refractivity (Wildman–Crippen MR) is 74.6 cm³/mol. The van der Waals surface area contributed by atoms with E-state index in [2.05, 4.69) is 43.4 Å². The molecule has 0 saturated carbocycles. The molecule has 1 atom stereocenters. The van der Waals surface area contributed by atoms with Gasteiger partial charge in [-0.3, -0.25) is 4.79 Å². The number of aromatic nitrogens is 1. The summed E-state index contributed by atoms with van der Waals surface area (Å²) in [5.74, 6) is 0.0717. The monoisotopic (exact) mass is 244 g/mol. The summed E-state index contributed by atoms with van der Waals surface area (Å²) in [6, 6.07) is 8.57. The van der Waals surface area contributed by atoms with Crippen LogP contribution >= 0.6 is 0 Å². The average molecular weight is 244 g/mol. The van der Waals surface area contributed by atoms with Gasteiger partial charge in [-0.05, 0) is 43.9 Å². The van der Waals surface area contributed by atoms with Crippen molar-refractivity contribution in [2.45, 2.75) is 39.8 Å². The van der Waals surface area contributed by atoms with E-state index in [0.717, 1.165) is 11.9 Å². The second-order valence-corrected chi connectivity index (χ2v) is 4.88. The molecule has 1 aromatic carbocycles. The molecule has 1 heterocycles. The van der Waals surface area contributed by atoms with Crippen LogP contribution in [0.25, 0.3) is 10.9 Å². The third-order valence-corrected chi connectivity index (χ3v) is 3.26. The summed E-state index contributed by atoms with van der Waals surface area (Å²) in [6.07, 6.45) is 2.93. The molecule has 0 aliphatic carbocycles. The molecule has 3 nitrogen and oxygen atoms in total. The summed E-state index contributed by atoms with van der Waals surface area (Å²) in [4.78, 5) is 11.9. The van der Waals surface area contributed by atoms with Gasteiger partial charge in [-0.15, -0.1) is 0 Å². The molecule has 1 amide bonds. The molecule has 18 heavy (non-hydrogen) atoms. The van der Waals surface area contributed by atoms with Crippen LogP contribution in [0, 0.1) is 6.92 Å². The Kier molecular flexibility index (Phi) is 3.70. The summed E-state index contributed by atoms with van der Waals surface area (Å²) in [5, 5.41) is 4.17. The molecule has 1 aromatic heterocycles. The topological polar surface area (TPSA) is 34.0 Å². The molecule has 0 fully saturated rings. The molecule has 0 radical (unpaired) electrons. The molecule has 0 aliphatic heterocycles. The molecule has 0 saturated heterocycles. The highest BCUT2D eigenvalue weighted by Gasteiger charge is 2.08. The minimum Gasteiger partial charge on any atom is -0.352 e. The smallest absolute Gasteiger partial charge is 0.240 e. The first-order valence-corrected chi connectivity index (χ1v) is 6.45. The number of nitrogens with one attached hydrogen (secondary N) is 1. The molecule has 1 unspecified atom stereocenters. The lowest BCUT2D eigenvalue weighted by molar-refractivity contribution is -0.122. The number of benzene rings is 1. The van der Waals surface area contributed by atoms with Crippen molar-refractivity contribution in [2.75, 3.05) is 0 Å². The molecule has 3 heteroatoms. The van der Waals surface area contributed by atoms with Gasteiger partial charge in [-0.2, -0.15) is 0 Å². The van der Waals surface area contributed by atoms with E-state index >= 15 is 0 Å². The van der Waals surface area contributed by atoms with Crippen LogP contribution in [-0.4, -0.2) is 16.5 Å². The molecule has 2 rings (SSSR count). The lowest BCUT2D eigenvalue weighted by Gasteiger charge is -2.12. The van der Waals surface area contributed by atoms with Crippen molar-refractivity contribution < 1.29 is 4.79 Å². The van der Waals surface area contributed by atoms with Crippen LogP contribution in [0.5, 0.6) is 0 Å². The van der Waals surface area contributed by atoms with Gasteiger partial charge in [0.2, 0.25) is 5.91 Å². The van der Waals surface area contributed by atoms with Gasteiger partial charge in [0.15, 0.2) is 0 Å². The van der Waals surface area contributed by atoms with E-state index in [-0.39, 0.29) is 11.9 Å². The molecule has 0 aliphatic rings. The molecular formula is C15H20N2O. The maximum absolute atomic E-state index is 11.9. The minimum absolute atomic E-state index is 0.0717. The number of carbonyl (C=O) groups excluding carboxylic acids is 1. The molecule has 96 valence electrons. The fourth-order valence-corrected chi connectivity index (χ4v) is 2.03. The van der Waals surface area contributed by atoms with Crippen LogP contribution < -0.4 is 5.32 Å². The molecular weight excluding hydrogens is 224 g/mol. The lowest BCUT2D eigenvalue weighted by Crippen LogP contribution is -2.34.